The van der Waals surface area contributed by atoms with Crippen LogP contribution in [-0.2, 0) is 6.42 Å². The first-order chi connectivity index (χ1) is 12.7. The number of hydrogen-bond acceptors (Lipinski definition) is 4. The Labute approximate surface area is 154 Å². The molecule has 1 heterocycles. The minimum absolute atomic E-state index is 0.0786. The molecule has 1 atom stereocenters. The molecule has 0 radical (unpaired) electrons. The fourth-order valence-electron chi connectivity index (χ4n) is 3.77. The van der Waals surface area contributed by atoms with Crippen LogP contribution in [0.5, 0.6) is 0 Å². The van der Waals surface area contributed by atoms with E-state index in [4.69, 9.17) is 4.52 Å². The van der Waals surface area contributed by atoms with Crippen LogP contribution in [0.2, 0.25) is 0 Å². The number of rotatable bonds is 6. The Balaban J connectivity index is 1.31. The van der Waals surface area contributed by atoms with Gasteiger partial charge in [-0.3, -0.25) is 0 Å². The third-order valence-electron chi connectivity index (χ3n) is 5.31. The van der Waals surface area contributed by atoms with Crippen LogP contribution in [0.25, 0.3) is 0 Å². The molecular formula is C22H25N3O. The highest BCUT2D eigenvalue weighted by molar-refractivity contribution is 5.31. The van der Waals surface area contributed by atoms with Gasteiger partial charge >= 0.3 is 0 Å². The van der Waals surface area contributed by atoms with Crippen LogP contribution >= 0.6 is 0 Å². The van der Waals surface area contributed by atoms with Gasteiger partial charge in [0.1, 0.15) is 0 Å². The molecule has 0 spiro atoms. The summed E-state index contributed by atoms with van der Waals surface area (Å²) in [5.74, 6) is 2.08. The van der Waals surface area contributed by atoms with E-state index in [0.29, 0.717) is 24.3 Å². The van der Waals surface area contributed by atoms with Crippen LogP contribution in [0.15, 0.2) is 59.1 Å². The van der Waals surface area contributed by atoms with Crippen molar-refractivity contribution in [2.24, 2.45) is 0 Å². The second kappa shape index (κ2) is 7.42. The fraction of sp³-hybridized carbons (Fsp3) is 0.364. The molecule has 1 N–H and O–H groups in total. The summed E-state index contributed by atoms with van der Waals surface area (Å²) in [7, 11) is 0. The van der Waals surface area contributed by atoms with Crippen molar-refractivity contribution in [3.05, 3.63) is 83.0 Å². The lowest BCUT2D eigenvalue weighted by Gasteiger charge is -2.38. The first-order valence-corrected chi connectivity index (χ1v) is 9.37. The molecule has 1 aliphatic carbocycles. The molecule has 1 unspecified atom stereocenters. The molecule has 26 heavy (non-hydrogen) atoms. The lowest BCUT2D eigenvalue weighted by atomic mass is 9.74. The average molecular weight is 347 g/mol. The van der Waals surface area contributed by atoms with E-state index in [1.54, 1.807) is 0 Å². The maximum Gasteiger partial charge on any atom is 0.243 e. The van der Waals surface area contributed by atoms with Gasteiger partial charge in [0, 0.05) is 12.5 Å². The van der Waals surface area contributed by atoms with Gasteiger partial charge in [0.05, 0.1) is 6.04 Å². The van der Waals surface area contributed by atoms with Gasteiger partial charge in [0.2, 0.25) is 5.89 Å². The molecule has 1 fully saturated rings. The SMILES string of the molecule is Cc1ccccc1C1CC(NC(C)c2nc(Cc3ccccc3)no2)C1. The highest BCUT2D eigenvalue weighted by Crippen LogP contribution is 2.39. The Morgan fingerprint density at radius 2 is 1.81 bits per heavy atom. The Hall–Kier alpha value is -2.46. The zero-order valence-electron chi connectivity index (χ0n) is 15.4. The van der Waals surface area contributed by atoms with E-state index in [-0.39, 0.29) is 6.04 Å². The molecule has 2 aromatic carbocycles. The number of aromatic nitrogens is 2. The first-order valence-electron chi connectivity index (χ1n) is 9.37. The Morgan fingerprint density at radius 1 is 1.08 bits per heavy atom. The maximum absolute atomic E-state index is 5.48. The molecule has 134 valence electrons. The van der Waals surface area contributed by atoms with Crippen LogP contribution in [0.3, 0.4) is 0 Å². The van der Waals surface area contributed by atoms with Crippen LogP contribution in [-0.4, -0.2) is 16.2 Å². The Bertz CT molecular complexity index is 853. The summed E-state index contributed by atoms with van der Waals surface area (Å²) in [6.45, 7) is 4.30. The molecule has 0 amide bonds. The van der Waals surface area contributed by atoms with Crippen molar-refractivity contribution in [3.63, 3.8) is 0 Å². The van der Waals surface area contributed by atoms with E-state index in [1.807, 2.05) is 18.2 Å². The molecule has 1 aromatic heterocycles. The van der Waals surface area contributed by atoms with E-state index in [9.17, 15) is 0 Å². The molecule has 0 saturated heterocycles. The standard InChI is InChI=1S/C22H25N3O/c1-15-8-6-7-11-20(15)18-13-19(14-18)23-16(2)22-24-21(25-26-22)12-17-9-4-3-5-10-17/h3-11,16,18-19,23H,12-14H2,1-2H3. The predicted molar refractivity (Wildman–Crippen MR) is 102 cm³/mol. The van der Waals surface area contributed by atoms with Crippen molar-refractivity contribution in [2.45, 2.75) is 51.1 Å². The molecular weight excluding hydrogens is 322 g/mol. The van der Waals surface area contributed by atoms with Crippen molar-refractivity contribution >= 4 is 0 Å². The van der Waals surface area contributed by atoms with E-state index in [0.717, 1.165) is 5.82 Å². The van der Waals surface area contributed by atoms with E-state index < -0.39 is 0 Å². The zero-order valence-corrected chi connectivity index (χ0v) is 15.4. The van der Waals surface area contributed by atoms with Crippen LogP contribution in [0, 0.1) is 6.92 Å². The molecule has 3 aromatic rings. The summed E-state index contributed by atoms with van der Waals surface area (Å²) in [5, 5.41) is 7.76. The summed E-state index contributed by atoms with van der Waals surface area (Å²) in [4.78, 5) is 4.57. The number of hydrogen-bond donors (Lipinski definition) is 1. The van der Waals surface area contributed by atoms with E-state index >= 15 is 0 Å². The summed E-state index contributed by atoms with van der Waals surface area (Å²) < 4.78 is 5.48. The lowest BCUT2D eigenvalue weighted by molar-refractivity contribution is 0.245. The monoisotopic (exact) mass is 347 g/mol. The second-order valence-electron chi connectivity index (χ2n) is 7.32. The quantitative estimate of drug-likeness (QED) is 0.710. The molecule has 0 aliphatic heterocycles. The van der Waals surface area contributed by atoms with Gasteiger partial charge in [0.25, 0.3) is 0 Å². The zero-order chi connectivity index (χ0) is 17.9. The van der Waals surface area contributed by atoms with Gasteiger partial charge in [-0.2, -0.15) is 4.98 Å². The Morgan fingerprint density at radius 3 is 2.58 bits per heavy atom. The number of nitrogens with zero attached hydrogens (tertiary/aromatic N) is 2. The minimum atomic E-state index is 0.0786. The van der Waals surface area contributed by atoms with Crippen LogP contribution in [0.1, 0.15) is 60.1 Å². The summed E-state index contributed by atoms with van der Waals surface area (Å²) in [6.07, 6.45) is 3.04. The smallest absolute Gasteiger partial charge is 0.243 e. The maximum atomic E-state index is 5.48. The highest BCUT2D eigenvalue weighted by atomic mass is 16.5. The first kappa shape index (κ1) is 17.0. The summed E-state index contributed by atoms with van der Waals surface area (Å²) in [6, 6.07) is 19.5. The molecule has 4 rings (SSSR count). The van der Waals surface area contributed by atoms with E-state index in [2.05, 4.69) is 65.7 Å². The Kier molecular flexibility index (Phi) is 4.85. The van der Waals surface area contributed by atoms with Gasteiger partial charge in [-0.25, -0.2) is 0 Å². The molecule has 1 saturated carbocycles. The molecule has 4 nitrogen and oxygen atoms in total. The number of nitrogens with one attached hydrogen (secondary N) is 1. The lowest BCUT2D eigenvalue weighted by Crippen LogP contribution is -2.41. The number of benzene rings is 2. The summed E-state index contributed by atoms with van der Waals surface area (Å²) >= 11 is 0. The highest BCUT2D eigenvalue weighted by Gasteiger charge is 2.32. The average Bonchev–Trinajstić information content (AvgIpc) is 3.08. The largest absolute Gasteiger partial charge is 0.338 e. The van der Waals surface area contributed by atoms with Crippen molar-refractivity contribution in [1.82, 2.24) is 15.5 Å². The van der Waals surface area contributed by atoms with Gasteiger partial charge in [-0.05, 0) is 49.3 Å². The number of aryl methyl sites for hydroxylation is 1. The van der Waals surface area contributed by atoms with Crippen LogP contribution < -0.4 is 5.32 Å². The van der Waals surface area contributed by atoms with Crippen molar-refractivity contribution in [3.8, 4) is 0 Å². The predicted octanol–water partition coefficient (Wildman–Crippen LogP) is 4.57. The third kappa shape index (κ3) is 3.70. The van der Waals surface area contributed by atoms with E-state index in [1.165, 1.54) is 29.5 Å². The third-order valence-corrected chi connectivity index (χ3v) is 5.31. The molecule has 4 heteroatoms. The second-order valence-corrected chi connectivity index (χ2v) is 7.32. The van der Waals surface area contributed by atoms with Crippen molar-refractivity contribution < 1.29 is 4.52 Å². The van der Waals surface area contributed by atoms with Gasteiger partial charge < -0.3 is 9.84 Å². The minimum Gasteiger partial charge on any atom is -0.338 e. The van der Waals surface area contributed by atoms with Gasteiger partial charge in [-0.1, -0.05) is 59.8 Å². The molecule has 0 bridgehead atoms. The van der Waals surface area contributed by atoms with Crippen LogP contribution in [0.4, 0.5) is 0 Å². The normalized spacial score (nSPS) is 20.5. The van der Waals surface area contributed by atoms with Gasteiger partial charge in [-0.15, -0.1) is 0 Å². The fourth-order valence-corrected chi connectivity index (χ4v) is 3.77. The van der Waals surface area contributed by atoms with Crippen molar-refractivity contribution in [2.75, 3.05) is 0 Å². The van der Waals surface area contributed by atoms with Gasteiger partial charge in [0.15, 0.2) is 5.82 Å². The topological polar surface area (TPSA) is 51.0 Å². The van der Waals surface area contributed by atoms with Crippen molar-refractivity contribution in [1.29, 1.82) is 0 Å². The molecule has 1 aliphatic rings. The summed E-state index contributed by atoms with van der Waals surface area (Å²) in [5.41, 5.74) is 4.08.